The van der Waals surface area contributed by atoms with E-state index in [1.165, 1.54) is 33.4 Å². The second-order valence-corrected chi connectivity index (χ2v) is 9.72. The van der Waals surface area contributed by atoms with E-state index in [1.54, 1.807) is 12.1 Å². The lowest BCUT2D eigenvalue weighted by molar-refractivity contribution is -0.141. The van der Waals surface area contributed by atoms with Crippen molar-refractivity contribution in [3.05, 3.63) is 29.8 Å². The lowest BCUT2D eigenvalue weighted by Crippen LogP contribution is -2.46. The number of nitrogens with zero attached hydrogens (tertiary/aromatic N) is 7. The van der Waals surface area contributed by atoms with Crippen LogP contribution in [0.4, 0.5) is 5.95 Å². The SMILES string of the molecule is CS(=O)(=O)c1ccccc1C(=O)N1CCCN1C(=O)Cn1nnc(N2CCCCC2)n1. The maximum Gasteiger partial charge on any atom is 0.273 e. The third kappa shape index (κ3) is 4.53. The predicted molar refractivity (Wildman–Crippen MR) is 111 cm³/mol. The molecule has 2 saturated heterocycles. The molecule has 4 rings (SSSR count). The minimum Gasteiger partial charge on any atom is -0.338 e. The summed E-state index contributed by atoms with van der Waals surface area (Å²) in [5, 5.41) is 15.0. The first-order valence-electron chi connectivity index (χ1n) is 10.3. The average molecular weight is 448 g/mol. The van der Waals surface area contributed by atoms with E-state index in [2.05, 4.69) is 15.4 Å². The first kappa shape index (κ1) is 21.2. The number of rotatable bonds is 5. The molecule has 2 fully saturated rings. The van der Waals surface area contributed by atoms with Gasteiger partial charge in [0.05, 0.1) is 10.5 Å². The maximum atomic E-state index is 13.1. The molecule has 2 aliphatic rings. The van der Waals surface area contributed by atoms with Crippen LogP contribution in [0.5, 0.6) is 0 Å². The molecule has 0 spiro atoms. The highest BCUT2D eigenvalue weighted by molar-refractivity contribution is 7.90. The Morgan fingerprint density at radius 2 is 1.68 bits per heavy atom. The Bertz CT molecular complexity index is 1080. The van der Waals surface area contributed by atoms with Gasteiger partial charge in [-0.15, -0.1) is 5.10 Å². The molecule has 1 aromatic heterocycles. The van der Waals surface area contributed by atoms with E-state index in [1.807, 2.05) is 4.90 Å². The molecule has 2 aromatic rings. The number of carbonyl (C=O) groups is 2. The van der Waals surface area contributed by atoms with Gasteiger partial charge in [0, 0.05) is 32.4 Å². The zero-order chi connectivity index (χ0) is 22.0. The smallest absolute Gasteiger partial charge is 0.273 e. The Morgan fingerprint density at radius 1 is 0.968 bits per heavy atom. The van der Waals surface area contributed by atoms with E-state index in [4.69, 9.17) is 0 Å². The molecule has 0 radical (unpaired) electrons. The summed E-state index contributed by atoms with van der Waals surface area (Å²) in [7, 11) is -3.59. The molecule has 0 saturated carbocycles. The van der Waals surface area contributed by atoms with Crippen molar-refractivity contribution in [3.63, 3.8) is 0 Å². The van der Waals surface area contributed by atoms with E-state index < -0.39 is 15.7 Å². The van der Waals surface area contributed by atoms with E-state index in [9.17, 15) is 18.0 Å². The van der Waals surface area contributed by atoms with Gasteiger partial charge in [-0.25, -0.2) is 18.4 Å². The van der Waals surface area contributed by atoms with Crippen molar-refractivity contribution >= 4 is 27.6 Å². The summed E-state index contributed by atoms with van der Waals surface area (Å²) >= 11 is 0. The van der Waals surface area contributed by atoms with Gasteiger partial charge < -0.3 is 4.90 Å². The Labute approximate surface area is 180 Å². The Morgan fingerprint density at radius 3 is 2.42 bits per heavy atom. The topological polar surface area (TPSA) is 122 Å². The Kier molecular flexibility index (Phi) is 5.90. The molecular formula is C19H25N7O4S. The van der Waals surface area contributed by atoms with Crippen molar-refractivity contribution in [2.45, 2.75) is 37.1 Å². The van der Waals surface area contributed by atoms with Gasteiger partial charge in [0.1, 0.15) is 6.54 Å². The number of aromatic nitrogens is 4. The first-order valence-corrected chi connectivity index (χ1v) is 12.2. The summed E-state index contributed by atoms with van der Waals surface area (Å²) in [4.78, 5) is 29.2. The molecule has 0 bridgehead atoms. The van der Waals surface area contributed by atoms with Crippen LogP contribution in [-0.2, 0) is 21.2 Å². The largest absolute Gasteiger partial charge is 0.338 e. The molecule has 2 aliphatic heterocycles. The van der Waals surface area contributed by atoms with Gasteiger partial charge in [0.25, 0.3) is 17.8 Å². The average Bonchev–Trinajstić information content (AvgIpc) is 3.43. The van der Waals surface area contributed by atoms with Crippen LogP contribution in [0.2, 0.25) is 0 Å². The van der Waals surface area contributed by atoms with Crippen molar-refractivity contribution in [1.29, 1.82) is 0 Å². The lowest BCUT2D eigenvalue weighted by atomic mass is 10.1. The van der Waals surface area contributed by atoms with E-state index in [0.29, 0.717) is 25.5 Å². The molecular weight excluding hydrogens is 422 g/mol. The highest BCUT2D eigenvalue weighted by atomic mass is 32.2. The van der Waals surface area contributed by atoms with Crippen LogP contribution in [-0.4, -0.2) is 82.9 Å². The van der Waals surface area contributed by atoms with E-state index in [-0.39, 0.29) is 22.9 Å². The highest BCUT2D eigenvalue weighted by Gasteiger charge is 2.33. The van der Waals surface area contributed by atoms with E-state index >= 15 is 0 Å². The van der Waals surface area contributed by atoms with Gasteiger partial charge >= 0.3 is 0 Å². The van der Waals surface area contributed by atoms with Gasteiger partial charge in [-0.3, -0.25) is 9.59 Å². The van der Waals surface area contributed by atoms with Crippen molar-refractivity contribution in [2.24, 2.45) is 0 Å². The molecule has 1 aromatic carbocycles. The maximum absolute atomic E-state index is 13.1. The number of sulfone groups is 1. The van der Waals surface area contributed by atoms with Gasteiger partial charge in [-0.05, 0) is 43.0 Å². The van der Waals surface area contributed by atoms with Crippen LogP contribution in [0.3, 0.4) is 0 Å². The molecule has 0 unspecified atom stereocenters. The summed E-state index contributed by atoms with van der Waals surface area (Å²) in [5.41, 5.74) is 0.0518. The number of benzene rings is 1. The minimum atomic E-state index is -3.59. The number of hydrogen-bond donors (Lipinski definition) is 0. The summed E-state index contributed by atoms with van der Waals surface area (Å²) < 4.78 is 24.2. The minimum absolute atomic E-state index is 0.0518. The highest BCUT2D eigenvalue weighted by Crippen LogP contribution is 2.21. The van der Waals surface area contributed by atoms with Crippen molar-refractivity contribution in [2.75, 3.05) is 37.3 Å². The lowest BCUT2D eigenvalue weighted by Gasteiger charge is -2.28. The van der Waals surface area contributed by atoms with E-state index in [0.717, 1.165) is 32.2 Å². The molecule has 0 N–H and O–H groups in total. The Hall–Kier alpha value is -3.02. The van der Waals surface area contributed by atoms with Crippen molar-refractivity contribution in [3.8, 4) is 0 Å². The number of hydrogen-bond acceptors (Lipinski definition) is 8. The third-order valence-corrected chi connectivity index (χ3v) is 6.58. The van der Waals surface area contributed by atoms with Gasteiger partial charge in [0.2, 0.25) is 0 Å². The molecule has 2 amide bonds. The molecule has 0 atom stereocenters. The van der Waals surface area contributed by atoms with Crippen LogP contribution < -0.4 is 4.90 Å². The Balaban J connectivity index is 1.48. The molecule has 12 heteroatoms. The number of anilines is 1. The fraction of sp³-hybridized carbons (Fsp3) is 0.526. The summed E-state index contributed by atoms with van der Waals surface area (Å²) in [6, 6.07) is 6.03. The molecule has 11 nitrogen and oxygen atoms in total. The second kappa shape index (κ2) is 8.61. The summed E-state index contributed by atoms with van der Waals surface area (Å²) in [6.45, 7) is 2.27. The van der Waals surface area contributed by atoms with Crippen molar-refractivity contribution < 1.29 is 18.0 Å². The van der Waals surface area contributed by atoms with Crippen LogP contribution in [0, 0.1) is 0 Å². The predicted octanol–water partition coefficient (Wildman–Crippen LogP) is 0.357. The number of carbonyl (C=O) groups excluding carboxylic acids is 2. The zero-order valence-electron chi connectivity index (χ0n) is 17.3. The van der Waals surface area contributed by atoms with Crippen molar-refractivity contribution in [1.82, 2.24) is 30.2 Å². The van der Waals surface area contributed by atoms with Crippen LogP contribution in [0.15, 0.2) is 29.2 Å². The summed E-state index contributed by atoms with van der Waals surface area (Å²) in [5.74, 6) is -0.373. The van der Waals surface area contributed by atoms with Crippen LogP contribution in [0.25, 0.3) is 0 Å². The molecule has 166 valence electrons. The third-order valence-electron chi connectivity index (χ3n) is 5.43. The molecule has 31 heavy (non-hydrogen) atoms. The fourth-order valence-electron chi connectivity index (χ4n) is 3.91. The first-order chi connectivity index (χ1) is 14.8. The quantitative estimate of drug-likeness (QED) is 0.644. The zero-order valence-corrected chi connectivity index (χ0v) is 18.2. The number of piperidine rings is 1. The van der Waals surface area contributed by atoms with Crippen LogP contribution >= 0.6 is 0 Å². The number of hydrazine groups is 1. The van der Waals surface area contributed by atoms with Gasteiger partial charge in [-0.1, -0.05) is 17.2 Å². The molecule has 3 heterocycles. The second-order valence-electron chi connectivity index (χ2n) is 7.73. The summed E-state index contributed by atoms with van der Waals surface area (Å²) in [6.07, 6.45) is 5.00. The van der Waals surface area contributed by atoms with Gasteiger partial charge in [0.15, 0.2) is 9.84 Å². The van der Waals surface area contributed by atoms with Crippen LogP contribution in [0.1, 0.15) is 36.0 Å². The molecule has 0 aliphatic carbocycles. The number of tetrazole rings is 1. The standard InChI is InChI=1S/C19H25N7O4S/c1-31(29,30)16-9-4-3-8-15(16)18(28)25-13-7-12-24(25)17(27)14-26-21-19(20-22-26)23-10-5-2-6-11-23/h3-4,8-9H,2,5-7,10-14H2,1H3. The monoisotopic (exact) mass is 447 g/mol. The fourth-order valence-corrected chi connectivity index (χ4v) is 4.79. The van der Waals surface area contributed by atoms with Gasteiger partial charge in [-0.2, -0.15) is 4.80 Å². The number of amides is 2. The normalized spacial score (nSPS) is 17.3.